The fraction of sp³-hybridized carbons (Fsp3) is 0.393. The number of aliphatic hydroxyl groups excluding tert-OH is 1. The van der Waals surface area contributed by atoms with Gasteiger partial charge in [-0.15, -0.1) is 0 Å². The largest absolute Gasteiger partial charge is 0.491 e. The fourth-order valence-electron chi connectivity index (χ4n) is 5.19. The number of aliphatic hydroxyl groups is 1. The number of rotatable bonds is 10. The van der Waals surface area contributed by atoms with Gasteiger partial charge in [-0.1, -0.05) is 30.8 Å². The molecule has 0 amide bonds. The highest BCUT2D eigenvalue weighted by molar-refractivity contribution is 7.94. The van der Waals surface area contributed by atoms with Crippen LogP contribution >= 0.6 is 0 Å². The van der Waals surface area contributed by atoms with E-state index in [1.165, 1.54) is 22.6 Å². The number of fused-ring (bicyclic) bond motifs is 1. The number of aromatic nitrogens is 1. The van der Waals surface area contributed by atoms with E-state index in [9.17, 15) is 21.9 Å². The van der Waals surface area contributed by atoms with Crippen LogP contribution < -0.4 is 10.1 Å². The van der Waals surface area contributed by atoms with Gasteiger partial charge in [0.25, 0.3) is 0 Å². The highest BCUT2D eigenvalue weighted by Gasteiger charge is 2.44. The van der Waals surface area contributed by atoms with Gasteiger partial charge in [-0.25, -0.2) is 16.8 Å². The molecule has 1 aromatic heterocycles. The van der Waals surface area contributed by atoms with Crippen LogP contribution in [-0.4, -0.2) is 81.8 Å². The van der Waals surface area contributed by atoms with E-state index < -0.39 is 31.6 Å². The highest BCUT2D eigenvalue weighted by Crippen LogP contribution is 2.37. The zero-order chi connectivity index (χ0) is 28.4. The number of piperidine rings is 1. The Bertz CT molecular complexity index is 1590. The second-order valence-electron chi connectivity index (χ2n) is 10.2. The molecule has 0 saturated carbocycles. The Hall–Kier alpha value is -2.87. The summed E-state index contributed by atoms with van der Waals surface area (Å²) in [6.07, 6.45) is 2.48. The molecule has 2 atom stereocenters. The molecule has 0 aliphatic carbocycles. The van der Waals surface area contributed by atoms with E-state index in [2.05, 4.69) is 16.9 Å². The third-order valence-corrected chi connectivity index (χ3v) is 10.7. The maximum atomic E-state index is 13.3. The lowest BCUT2D eigenvalue weighted by Crippen LogP contribution is -2.47. The van der Waals surface area contributed by atoms with Crippen LogP contribution in [0.1, 0.15) is 19.3 Å². The molecule has 2 N–H and O–H groups in total. The van der Waals surface area contributed by atoms with Crippen LogP contribution in [0.2, 0.25) is 0 Å². The second kappa shape index (κ2) is 11.6. The molecule has 0 radical (unpaired) electrons. The fourth-order valence-corrected chi connectivity index (χ4v) is 7.35. The van der Waals surface area contributed by atoms with Crippen molar-refractivity contribution in [3.05, 3.63) is 72.8 Å². The first-order valence-corrected chi connectivity index (χ1v) is 16.1. The molecule has 12 heteroatoms. The van der Waals surface area contributed by atoms with E-state index in [0.29, 0.717) is 44.7 Å². The van der Waals surface area contributed by atoms with Gasteiger partial charge in [-0.3, -0.25) is 4.98 Å². The molecular formula is C28H33N3O7S2. The number of nitrogens with one attached hydrogen (secondary N) is 1. The van der Waals surface area contributed by atoms with Gasteiger partial charge < -0.3 is 19.9 Å². The minimum absolute atomic E-state index is 0.0141. The number of para-hydroxylation sites is 1. The van der Waals surface area contributed by atoms with Crippen LogP contribution in [0.25, 0.3) is 10.9 Å². The van der Waals surface area contributed by atoms with Gasteiger partial charge in [-0.05, 0) is 49.6 Å². The Morgan fingerprint density at radius 3 is 2.67 bits per heavy atom. The summed E-state index contributed by atoms with van der Waals surface area (Å²) < 4.78 is 63.7. The molecule has 5 rings (SSSR count). The molecule has 3 heterocycles. The van der Waals surface area contributed by atoms with Crippen LogP contribution in [0, 0.1) is 0 Å². The monoisotopic (exact) mass is 587 g/mol. The first-order valence-electron chi connectivity index (χ1n) is 13.1. The molecule has 2 saturated heterocycles. The molecule has 10 nitrogen and oxygen atoms in total. The summed E-state index contributed by atoms with van der Waals surface area (Å²) in [4.78, 5) is 4.58. The van der Waals surface area contributed by atoms with Gasteiger partial charge >= 0.3 is 0 Å². The van der Waals surface area contributed by atoms with Gasteiger partial charge in [0.15, 0.2) is 9.84 Å². The highest BCUT2D eigenvalue weighted by atomic mass is 32.2. The average molecular weight is 588 g/mol. The predicted molar refractivity (Wildman–Crippen MR) is 150 cm³/mol. The zero-order valence-electron chi connectivity index (χ0n) is 22.0. The average Bonchev–Trinajstić information content (AvgIpc) is 3.37. The normalized spacial score (nSPS) is 20.5. The maximum Gasteiger partial charge on any atom is 0.244 e. The molecular weight excluding hydrogens is 554 g/mol. The molecule has 3 aromatic rings. The standard InChI is InChI=1S/C28H33N3O7S2/c1-2-39(33,34)25-8-5-7-24(15-25)37-20-23(32)17-29-22-16-28(38-19-22)10-12-31(13-11-28)40(35,36)26-14-21-6-3-4-9-27(21)30-18-26/h2-9,14-15,18,22-23,29,32H,1,10-13,16-17,19-20H2. The molecule has 1 spiro atoms. The van der Waals surface area contributed by atoms with Gasteiger partial charge in [0, 0.05) is 42.7 Å². The van der Waals surface area contributed by atoms with E-state index in [4.69, 9.17) is 9.47 Å². The Morgan fingerprint density at radius 1 is 1.12 bits per heavy atom. The molecule has 2 aliphatic heterocycles. The maximum absolute atomic E-state index is 13.3. The lowest BCUT2D eigenvalue weighted by atomic mass is 9.88. The first kappa shape index (κ1) is 28.7. The Kier molecular flexibility index (Phi) is 8.27. The molecule has 40 heavy (non-hydrogen) atoms. The van der Waals surface area contributed by atoms with Crippen molar-refractivity contribution in [2.75, 3.05) is 32.8 Å². The number of hydrogen-bond donors (Lipinski definition) is 2. The van der Waals surface area contributed by atoms with Crippen LogP contribution in [0.3, 0.4) is 0 Å². The minimum atomic E-state index is -3.66. The van der Waals surface area contributed by atoms with Gasteiger partial charge in [0.1, 0.15) is 23.4 Å². The molecule has 2 aliphatic rings. The second-order valence-corrected chi connectivity index (χ2v) is 14.1. The first-order chi connectivity index (χ1) is 19.1. The number of pyridine rings is 1. The summed E-state index contributed by atoms with van der Waals surface area (Å²) in [6, 6.07) is 15.2. The van der Waals surface area contributed by atoms with Crippen molar-refractivity contribution in [1.82, 2.24) is 14.6 Å². The lowest BCUT2D eigenvalue weighted by molar-refractivity contribution is -0.0312. The predicted octanol–water partition coefficient (Wildman–Crippen LogP) is 2.49. The summed E-state index contributed by atoms with van der Waals surface area (Å²) in [7, 11) is -7.23. The van der Waals surface area contributed by atoms with Crippen LogP contribution in [0.5, 0.6) is 5.75 Å². The van der Waals surface area contributed by atoms with E-state index >= 15 is 0 Å². The van der Waals surface area contributed by atoms with Crippen LogP contribution in [-0.2, 0) is 24.6 Å². The summed E-state index contributed by atoms with van der Waals surface area (Å²) in [5, 5.41) is 15.4. The number of sulfone groups is 1. The molecule has 214 valence electrons. The van der Waals surface area contributed by atoms with E-state index in [1.807, 2.05) is 24.3 Å². The van der Waals surface area contributed by atoms with Crippen molar-refractivity contribution < 1.29 is 31.4 Å². The summed E-state index contributed by atoms with van der Waals surface area (Å²) in [5.74, 6) is 0.339. The smallest absolute Gasteiger partial charge is 0.244 e. The van der Waals surface area contributed by atoms with Crippen molar-refractivity contribution in [1.29, 1.82) is 0 Å². The van der Waals surface area contributed by atoms with Crippen molar-refractivity contribution >= 4 is 30.8 Å². The summed E-state index contributed by atoms with van der Waals surface area (Å²) >= 11 is 0. The minimum Gasteiger partial charge on any atom is -0.491 e. The topological polar surface area (TPSA) is 135 Å². The number of benzene rings is 2. The third-order valence-electron chi connectivity index (χ3n) is 7.48. The van der Waals surface area contributed by atoms with Crippen LogP contribution in [0.4, 0.5) is 0 Å². The quantitative estimate of drug-likeness (QED) is 0.367. The molecule has 0 bridgehead atoms. The molecule has 2 aromatic carbocycles. The van der Waals surface area contributed by atoms with Crippen molar-refractivity contribution in [3.63, 3.8) is 0 Å². The van der Waals surface area contributed by atoms with Gasteiger partial charge in [0.05, 0.1) is 22.6 Å². The van der Waals surface area contributed by atoms with Gasteiger partial charge in [0.2, 0.25) is 10.0 Å². The number of ether oxygens (including phenoxy) is 2. The number of nitrogens with zero attached hydrogens (tertiary/aromatic N) is 2. The van der Waals surface area contributed by atoms with Crippen molar-refractivity contribution in [2.45, 2.75) is 46.8 Å². The Balaban J connectivity index is 1.09. The summed E-state index contributed by atoms with van der Waals surface area (Å²) in [6.45, 7) is 4.77. The van der Waals surface area contributed by atoms with E-state index in [1.54, 1.807) is 18.2 Å². The van der Waals surface area contributed by atoms with Crippen LogP contribution in [0.15, 0.2) is 82.6 Å². The lowest BCUT2D eigenvalue weighted by Gasteiger charge is -2.38. The molecule has 2 fully saturated rings. The Morgan fingerprint density at radius 2 is 1.90 bits per heavy atom. The zero-order valence-corrected chi connectivity index (χ0v) is 23.6. The van der Waals surface area contributed by atoms with E-state index in [-0.39, 0.29) is 29.0 Å². The molecule has 2 unspecified atom stereocenters. The Labute approximate surface area is 234 Å². The summed E-state index contributed by atoms with van der Waals surface area (Å²) in [5.41, 5.74) is 0.353. The van der Waals surface area contributed by atoms with E-state index in [0.717, 1.165) is 16.3 Å². The van der Waals surface area contributed by atoms with Gasteiger partial charge in [-0.2, -0.15) is 4.31 Å². The number of sulfonamides is 1. The number of hydrogen-bond acceptors (Lipinski definition) is 9. The third kappa shape index (κ3) is 6.22. The SMILES string of the molecule is C=CS(=O)(=O)c1cccc(OCC(O)CNC2COC3(CCN(S(=O)(=O)c4cnc5ccccc5c4)CC3)C2)c1. The van der Waals surface area contributed by atoms with Crippen molar-refractivity contribution in [3.8, 4) is 5.75 Å². The van der Waals surface area contributed by atoms with Crippen molar-refractivity contribution in [2.24, 2.45) is 0 Å².